The van der Waals surface area contributed by atoms with Crippen LogP contribution in [0.1, 0.15) is 37.0 Å². The quantitative estimate of drug-likeness (QED) is 0.404. The average Bonchev–Trinajstić information content (AvgIpc) is 2.34. The van der Waals surface area contributed by atoms with Crippen molar-refractivity contribution in [2.75, 3.05) is 11.9 Å². The molecular weight excluding hydrogens is 214 g/mol. The summed E-state index contributed by atoms with van der Waals surface area (Å²) in [6, 6.07) is 8.30. The van der Waals surface area contributed by atoms with Gasteiger partial charge in [0, 0.05) is 17.5 Å². The molecule has 0 fully saturated rings. The summed E-state index contributed by atoms with van der Waals surface area (Å²) in [5.74, 6) is 0. The number of rotatable bonds is 7. The van der Waals surface area contributed by atoms with Crippen molar-refractivity contribution in [1.29, 1.82) is 0 Å². The molecule has 1 aromatic rings. The Morgan fingerprint density at radius 2 is 2.12 bits per heavy atom. The van der Waals surface area contributed by atoms with E-state index in [0.29, 0.717) is 0 Å². The monoisotopic (exact) mass is 235 g/mol. The van der Waals surface area contributed by atoms with E-state index in [1.54, 1.807) is 0 Å². The van der Waals surface area contributed by atoms with Crippen LogP contribution in [0, 0.1) is 0 Å². The maximum absolute atomic E-state index is 4.49. The van der Waals surface area contributed by atoms with Gasteiger partial charge >= 0.3 is 0 Å². The lowest BCUT2D eigenvalue weighted by atomic mass is 10.1. The Hall–Kier alpha value is -0.890. The van der Waals surface area contributed by atoms with Gasteiger partial charge in [-0.05, 0) is 18.1 Å². The molecule has 88 valence electrons. The van der Waals surface area contributed by atoms with Gasteiger partial charge in [0.2, 0.25) is 0 Å². The molecule has 1 unspecified atom stereocenters. The topological polar surface area (TPSA) is 12.0 Å². The third-order valence-electron chi connectivity index (χ3n) is 2.60. The van der Waals surface area contributed by atoms with Gasteiger partial charge < -0.3 is 5.32 Å². The SMILES string of the molecule is C=CC(S)c1ccccc1NCCCCC. The molecular formula is C14H21NS. The van der Waals surface area contributed by atoms with E-state index in [9.17, 15) is 0 Å². The van der Waals surface area contributed by atoms with Gasteiger partial charge in [-0.25, -0.2) is 0 Å². The van der Waals surface area contributed by atoms with Gasteiger partial charge in [-0.1, -0.05) is 44.0 Å². The first-order valence-electron chi connectivity index (χ1n) is 5.93. The molecule has 0 bridgehead atoms. The number of hydrogen-bond acceptors (Lipinski definition) is 2. The Morgan fingerprint density at radius 3 is 2.81 bits per heavy atom. The van der Waals surface area contributed by atoms with Crippen molar-refractivity contribution in [3.05, 3.63) is 42.5 Å². The zero-order valence-electron chi connectivity index (χ0n) is 9.95. The van der Waals surface area contributed by atoms with E-state index in [1.807, 2.05) is 12.1 Å². The lowest BCUT2D eigenvalue weighted by Crippen LogP contribution is -2.04. The Labute approximate surface area is 104 Å². The van der Waals surface area contributed by atoms with E-state index in [0.717, 1.165) is 6.54 Å². The number of anilines is 1. The fraction of sp³-hybridized carbons (Fsp3) is 0.429. The standard InChI is InChI=1S/C14H21NS/c1-3-5-8-11-15-13-10-7-6-9-12(13)14(16)4-2/h4,6-7,9-10,14-16H,2-3,5,8,11H2,1H3. The van der Waals surface area contributed by atoms with Gasteiger partial charge in [-0.2, -0.15) is 12.6 Å². The summed E-state index contributed by atoms with van der Waals surface area (Å²) in [5.41, 5.74) is 2.39. The highest BCUT2D eigenvalue weighted by atomic mass is 32.1. The largest absolute Gasteiger partial charge is 0.385 e. The second-order valence-corrected chi connectivity index (χ2v) is 4.46. The third kappa shape index (κ3) is 3.93. The number of nitrogens with one attached hydrogen (secondary N) is 1. The maximum atomic E-state index is 4.49. The van der Waals surface area contributed by atoms with Crippen molar-refractivity contribution in [3.8, 4) is 0 Å². The number of hydrogen-bond donors (Lipinski definition) is 2. The summed E-state index contributed by atoms with van der Waals surface area (Å²) >= 11 is 4.49. The third-order valence-corrected chi connectivity index (χ3v) is 3.09. The van der Waals surface area contributed by atoms with E-state index >= 15 is 0 Å². The molecule has 1 rings (SSSR count). The van der Waals surface area contributed by atoms with Gasteiger partial charge in [-0.15, -0.1) is 6.58 Å². The highest BCUT2D eigenvalue weighted by molar-refractivity contribution is 7.80. The molecule has 0 heterocycles. The van der Waals surface area contributed by atoms with Crippen LogP contribution in [0.15, 0.2) is 36.9 Å². The zero-order valence-corrected chi connectivity index (χ0v) is 10.8. The molecule has 1 atom stereocenters. The van der Waals surface area contributed by atoms with Gasteiger partial charge in [0.05, 0.1) is 0 Å². The molecule has 0 aliphatic heterocycles. The van der Waals surface area contributed by atoms with Gasteiger partial charge in [0.25, 0.3) is 0 Å². The lowest BCUT2D eigenvalue weighted by molar-refractivity contribution is 0.743. The summed E-state index contributed by atoms with van der Waals surface area (Å²) in [7, 11) is 0. The van der Waals surface area contributed by atoms with Gasteiger partial charge in [0.15, 0.2) is 0 Å². The van der Waals surface area contributed by atoms with E-state index < -0.39 is 0 Å². The van der Waals surface area contributed by atoms with Gasteiger partial charge in [-0.3, -0.25) is 0 Å². The highest BCUT2D eigenvalue weighted by Gasteiger charge is 2.06. The highest BCUT2D eigenvalue weighted by Crippen LogP contribution is 2.27. The smallest absolute Gasteiger partial charge is 0.0464 e. The molecule has 0 aliphatic carbocycles. The Morgan fingerprint density at radius 1 is 1.38 bits per heavy atom. The average molecular weight is 235 g/mol. The van der Waals surface area contributed by atoms with Crippen molar-refractivity contribution >= 4 is 18.3 Å². The van der Waals surface area contributed by atoms with Crippen LogP contribution in [-0.4, -0.2) is 6.54 Å². The predicted molar refractivity (Wildman–Crippen MR) is 76.4 cm³/mol. The molecule has 1 nitrogen and oxygen atoms in total. The lowest BCUT2D eigenvalue weighted by Gasteiger charge is -2.14. The van der Waals surface area contributed by atoms with Gasteiger partial charge in [0.1, 0.15) is 0 Å². The molecule has 1 aromatic carbocycles. The molecule has 2 heteroatoms. The van der Waals surface area contributed by atoms with Crippen LogP contribution in [0.2, 0.25) is 0 Å². The zero-order chi connectivity index (χ0) is 11.8. The van der Waals surface area contributed by atoms with E-state index in [4.69, 9.17) is 0 Å². The Bertz CT molecular complexity index is 322. The minimum absolute atomic E-state index is 0.106. The second-order valence-electron chi connectivity index (χ2n) is 3.90. The first-order chi connectivity index (χ1) is 7.79. The molecule has 16 heavy (non-hydrogen) atoms. The maximum Gasteiger partial charge on any atom is 0.0464 e. The first kappa shape index (κ1) is 13.2. The molecule has 0 saturated heterocycles. The summed E-state index contributed by atoms with van der Waals surface area (Å²) < 4.78 is 0. The van der Waals surface area contributed by atoms with Crippen molar-refractivity contribution < 1.29 is 0 Å². The van der Waals surface area contributed by atoms with E-state index in [2.05, 4.69) is 49.6 Å². The van der Waals surface area contributed by atoms with Crippen molar-refractivity contribution in [2.45, 2.75) is 31.4 Å². The number of benzene rings is 1. The summed E-state index contributed by atoms with van der Waals surface area (Å²) in [5, 5.41) is 3.57. The Kier molecular flexibility index (Phi) is 6.09. The van der Waals surface area contributed by atoms with Crippen LogP contribution < -0.4 is 5.32 Å². The van der Waals surface area contributed by atoms with Crippen LogP contribution in [0.25, 0.3) is 0 Å². The minimum atomic E-state index is 0.106. The Balaban J connectivity index is 2.60. The fourth-order valence-corrected chi connectivity index (χ4v) is 1.87. The molecule has 0 spiro atoms. The minimum Gasteiger partial charge on any atom is -0.385 e. The normalized spacial score (nSPS) is 12.1. The van der Waals surface area contributed by atoms with Crippen LogP contribution in [0.5, 0.6) is 0 Å². The van der Waals surface area contributed by atoms with E-state index in [1.165, 1.54) is 30.5 Å². The number of para-hydroxylation sites is 1. The number of thiol groups is 1. The molecule has 0 radical (unpaired) electrons. The van der Waals surface area contributed by atoms with Crippen molar-refractivity contribution in [2.24, 2.45) is 0 Å². The van der Waals surface area contributed by atoms with Crippen LogP contribution in [0.3, 0.4) is 0 Å². The fourth-order valence-electron chi connectivity index (χ4n) is 1.64. The van der Waals surface area contributed by atoms with Crippen molar-refractivity contribution in [3.63, 3.8) is 0 Å². The molecule has 1 N–H and O–H groups in total. The summed E-state index contributed by atoms with van der Waals surface area (Å²) in [4.78, 5) is 0. The van der Waals surface area contributed by atoms with Crippen LogP contribution in [0.4, 0.5) is 5.69 Å². The summed E-state index contributed by atoms with van der Waals surface area (Å²) in [6.45, 7) is 7.03. The number of unbranched alkanes of at least 4 members (excludes halogenated alkanes) is 2. The molecule has 0 amide bonds. The molecule has 0 saturated carbocycles. The van der Waals surface area contributed by atoms with Crippen LogP contribution >= 0.6 is 12.6 Å². The molecule has 0 aromatic heterocycles. The van der Waals surface area contributed by atoms with Crippen molar-refractivity contribution in [1.82, 2.24) is 0 Å². The van der Waals surface area contributed by atoms with E-state index in [-0.39, 0.29) is 5.25 Å². The summed E-state index contributed by atoms with van der Waals surface area (Å²) in [6.07, 6.45) is 5.61. The first-order valence-corrected chi connectivity index (χ1v) is 6.44. The molecule has 0 aliphatic rings. The second kappa shape index (κ2) is 7.39. The predicted octanol–water partition coefficient (Wildman–Crippen LogP) is 4.45. The van der Waals surface area contributed by atoms with Crippen LogP contribution in [-0.2, 0) is 0 Å².